The first-order chi connectivity index (χ1) is 8.19. The summed E-state index contributed by atoms with van der Waals surface area (Å²) in [6.45, 7) is 11.8. The molecule has 1 aromatic heterocycles. The third kappa shape index (κ3) is 4.85. The Labute approximate surface area is 105 Å². The monoisotopic (exact) mass is 232 g/mol. The lowest BCUT2D eigenvalue weighted by molar-refractivity contribution is 0.881. The van der Waals surface area contributed by atoms with Crippen LogP contribution in [0.15, 0.2) is 37.1 Å². The van der Waals surface area contributed by atoms with Crippen LogP contribution in [0.25, 0.3) is 5.57 Å². The minimum Gasteiger partial charge on any atom is -0.334 e. The quantitative estimate of drug-likeness (QED) is 0.708. The summed E-state index contributed by atoms with van der Waals surface area (Å²) < 4.78 is 2.06. The summed E-state index contributed by atoms with van der Waals surface area (Å²) in [5, 5.41) is 0. The molecule has 1 rings (SSSR count). The van der Waals surface area contributed by atoms with E-state index in [-0.39, 0.29) is 0 Å². The second-order valence-electron chi connectivity index (χ2n) is 3.48. The van der Waals surface area contributed by atoms with Crippen molar-refractivity contribution in [2.45, 2.75) is 34.1 Å². The molecule has 2 heteroatoms. The van der Waals surface area contributed by atoms with Crippen LogP contribution >= 0.6 is 0 Å². The first-order valence-corrected chi connectivity index (χ1v) is 6.17. The molecule has 0 unspecified atom stereocenters. The van der Waals surface area contributed by atoms with Gasteiger partial charge in [0.1, 0.15) is 5.82 Å². The third-order valence-electron chi connectivity index (χ3n) is 2.21. The van der Waals surface area contributed by atoms with Gasteiger partial charge in [0.25, 0.3) is 0 Å². The van der Waals surface area contributed by atoms with Gasteiger partial charge in [0.15, 0.2) is 0 Å². The lowest BCUT2D eigenvalue weighted by Crippen LogP contribution is -1.95. The van der Waals surface area contributed by atoms with Gasteiger partial charge in [0.05, 0.1) is 5.69 Å². The zero-order valence-corrected chi connectivity index (χ0v) is 11.7. The maximum absolute atomic E-state index is 4.50. The molecule has 0 amide bonds. The second-order valence-corrected chi connectivity index (χ2v) is 3.48. The zero-order valence-electron chi connectivity index (χ0n) is 11.7. The highest BCUT2D eigenvalue weighted by Gasteiger charge is 2.05. The standard InChI is InChI=1S/C13H18N2.C2H6/c1-5-7-8-9-12(6-2)13-14-11(3)10-15(13)4;1-2/h5,7-10H,1,6H2,2-4H3;1-2H3/b8-7-,12-9+;. The maximum atomic E-state index is 4.50. The Hall–Kier alpha value is -1.57. The molecule has 0 N–H and O–H groups in total. The van der Waals surface area contributed by atoms with E-state index >= 15 is 0 Å². The van der Waals surface area contributed by atoms with Gasteiger partial charge in [-0.1, -0.05) is 51.7 Å². The van der Waals surface area contributed by atoms with Gasteiger partial charge in [-0.2, -0.15) is 0 Å². The SMILES string of the molecule is C=C/C=C\C=C(/CC)c1nc(C)cn1C.CC. The molecule has 0 aliphatic rings. The van der Waals surface area contributed by atoms with Crippen LogP contribution in [0.5, 0.6) is 0 Å². The van der Waals surface area contributed by atoms with Crippen molar-refractivity contribution < 1.29 is 0 Å². The molecule has 0 fully saturated rings. The molecule has 0 spiro atoms. The predicted molar refractivity (Wildman–Crippen MR) is 76.9 cm³/mol. The van der Waals surface area contributed by atoms with Gasteiger partial charge < -0.3 is 4.57 Å². The van der Waals surface area contributed by atoms with Crippen LogP contribution in [0, 0.1) is 6.92 Å². The van der Waals surface area contributed by atoms with Crippen LogP contribution in [-0.4, -0.2) is 9.55 Å². The number of nitrogens with zero attached hydrogens (tertiary/aromatic N) is 2. The summed E-state index contributed by atoms with van der Waals surface area (Å²) in [7, 11) is 2.02. The molecule has 1 heterocycles. The van der Waals surface area contributed by atoms with Crippen molar-refractivity contribution in [1.82, 2.24) is 9.55 Å². The van der Waals surface area contributed by atoms with E-state index in [9.17, 15) is 0 Å². The molecule has 1 aromatic rings. The highest BCUT2D eigenvalue weighted by atomic mass is 15.0. The Morgan fingerprint density at radius 3 is 2.47 bits per heavy atom. The topological polar surface area (TPSA) is 17.8 Å². The molecule has 0 atom stereocenters. The van der Waals surface area contributed by atoms with Crippen LogP contribution in [0.2, 0.25) is 0 Å². The number of hydrogen-bond donors (Lipinski definition) is 0. The summed E-state index contributed by atoms with van der Waals surface area (Å²) >= 11 is 0. The van der Waals surface area contributed by atoms with Crippen molar-refractivity contribution in [1.29, 1.82) is 0 Å². The van der Waals surface area contributed by atoms with E-state index in [4.69, 9.17) is 0 Å². The van der Waals surface area contributed by atoms with Gasteiger partial charge in [0.2, 0.25) is 0 Å². The molecule has 0 aliphatic heterocycles. The van der Waals surface area contributed by atoms with E-state index in [1.165, 1.54) is 5.57 Å². The number of aryl methyl sites for hydroxylation is 2. The lowest BCUT2D eigenvalue weighted by atomic mass is 10.1. The van der Waals surface area contributed by atoms with Crippen LogP contribution in [0.4, 0.5) is 0 Å². The molecule has 0 aliphatic carbocycles. The summed E-state index contributed by atoms with van der Waals surface area (Å²) in [5.74, 6) is 1.05. The van der Waals surface area contributed by atoms with Crippen molar-refractivity contribution in [3.8, 4) is 0 Å². The molecule has 94 valence electrons. The highest BCUT2D eigenvalue weighted by molar-refractivity contribution is 5.62. The van der Waals surface area contributed by atoms with E-state index in [1.54, 1.807) is 6.08 Å². The van der Waals surface area contributed by atoms with Gasteiger partial charge >= 0.3 is 0 Å². The van der Waals surface area contributed by atoms with Crippen LogP contribution in [0.3, 0.4) is 0 Å². The molecule has 0 aromatic carbocycles. The average molecular weight is 232 g/mol. The number of hydrogen-bond acceptors (Lipinski definition) is 1. The molecule has 2 nitrogen and oxygen atoms in total. The van der Waals surface area contributed by atoms with Gasteiger partial charge in [0, 0.05) is 13.2 Å². The molecule has 0 bridgehead atoms. The average Bonchev–Trinajstić information content (AvgIpc) is 2.67. The van der Waals surface area contributed by atoms with E-state index in [0.29, 0.717) is 0 Å². The van der Waals surface area contributed by atoms with Gasteiger partial charge in [-0.3, -0.25) is 0 Å². The summed E-state index contributed by atoms with van der Waals surface area (Å²) in [6.07, 6.45) is 10.8. The molecule has 0 saturated carbocycles. The number of imidazole rings is 1. The van der Waals surface area contributed by atoms with Crippen LogP contribution in [0.1, 0.15) is 38.7 Å². The number of aromatic nitrogens is 2. The van der Waals surface area contributed by atoms with Crippen LogP contribution < -0.4 is 0 Å². The fourth-order valence-electron chi connectivity index (χ4n) is 1.52. The Bertz CT molecular complexity index is 395. The van der Waals surface area contributed by atoms with Gasteiger partial charge in [-0.15, -0.1) is 0 Å². The summed E-state index contributed by atoms with van der Waals surface area (Å²) in [6, 6.07) is 0. The van der Waals surface area contributed by atoms with Crippen molar-refractivity contribution in [3.63, 3.8) is 0 Å². The molecular formula is C15H24N2. The van der Waals surface area contributed by atoms with Crippen molar-refractivity contribution in [2.75, 3.05) is 0 Å². The Kier molecular flexibility index (Phi) is 7.78. The number of rotatable bonds is 4. The van der Waals surface area contributed by atoms with E-state index in [1.807, 2.05) is 46.2 Å². The minimum absolute atomic E-state index is 0.978. The molecule has 17 heavy (non-hydrogen) atoms. The summed E-state index contributed by atoms with van der Waals surface area (Å²) in [4.78, 5) is 4.50. The normalized spacial score (nSPS) is 11.2. The Morgan fingerprint density at radius 2 is 2.06 bits per heavy atom. The first kappa shape index (κ1) is 15.4. The van der Waals surface area contributed by atoms with Crippen molar-refractivity contribution >= 4 is 5.57 Å². The molecular weight excluding hydrogens is 208 g/mol. The third-order valence-corrected chi connectivity index (χ3v) is 2.21. The lowest BCUT2D eigenvalue weighted by Gasteiger charge is -2.02. The maximum Gasteiger partial charge on any atom is 0.135 e. The number of allylic oxidation sites excluding steroid dienone is 5. The fraction of sp³-hybridized carbons (Fsp3) is 0.400. The van der Waals surface area contributed by atoms with Gasteiger partial charge in [-0.05, 0) is 18.9 Å². The van der Waals surface area contributed by atoms with Crippen LogP contribution in [-0.2, 0) is 7.05 Å². The highest BCUT2D eigenvalue weighted by Crippen LogP contribution is 2.16. The Morgan fingerprint density at radius 1 is 1.41 bits per heavy atom. The Balaban J connectivity index is 0.00000121. The van der Waals surface area contributed by atoms with E-state index in [0.717, 1.165) is 17.9 Å². The van der Waals surface area contributed by atoms with Crippen molar-refractivity contribution in [3.05, 3.63) is 48.6 Å². The fourth-order valence-corrected chi connectivity index (χ4v) is 1.52. The zero-order chi connectivity index (χ0) is 13.3. The molecule has 0 radical (unpaired) electrons. The largest absolute Gasteiger partial charge is 0.334 e. The second kappa shape index (κ2) is 8.57. The van der Waals surface area contributed by atoms with E-state index in [2.05, 4.69) is 29.1 Å². The van der Waals surface area contributed by atoms with Gasteiger partial charge in [-0.25, -0.2) is 4.98 Å². The van der Waals surface area contributed by atoms with Crippen molar-refractivity contribution in [2.24, 2.45) is 7.05 Å². The smallest absolute Gasteiger partial charge is 0.135 e. The minimum atomic E-state index is 0.978. The molecule has 0 saturated heterocycles. The first-order valence-electron chi connectivity index (χ1n) is 6.17. The summed E-state index contributed by atoms with van der Waals surface area (Å²) in [5.41, 5.74) is 2.29. The van der Waals surface area contributed by atoms with E-state index < -0.39 is 0 Å². The predicted octanol–water partition coefficient (Wildman–Crippen LogP) is 4.29.